The van der Waals surface area contributed by atoms with E-state index < -0.39 is 5.82 Å². The van der Waals surface area contributed by atoms with Gasteiger partial charge >= 0.3 is 0 Å². The molecule has 31 heavy (non-hydrogen) atoms. The standard InChI is InChI=1S/C23H23FN4O3/c1-15-6-3-4-9-19(15)23(30)28-11-10-27(14-16(28)2)21(29)13-20-25-22(31-26-20)17-7-5-8-18(24)12-17/h3-9,12,16H,10-11,13-14H2,1-2H3/t16-/m1/s1. The second-order valence-electron chi connectivity index (χ2n) is 7.71. The van der Waals surface area contributed by atoms with Crippen LogP contribution in [-0.2, 0) is 11.2 Å². The molecule has 0 spiro atoms. The molecule has 0 N–H and O–H groups in total. The van der Waals surface area contributed by atoms with Crippen LogP contribution in [0.1, 0.15) is 28.7 Å². The highest BCUT2D eigenvalue weighted by Gasteiger charge is 2.31. The summed E-state index contributed by atoms with van der Waals surface area (Å²) in [7, 11) is 0. The van der Waals surface area contributed by atoms with E-state index in [9.17, 15) is 14.0 Å². The number of hydrogen-bond donors (Lipinski definition) is 0. The fraction of sp³-hybridized carbons (Fsp3) is 0.304. The zero-order valence-electron chi connectivity index (χ0n) is 17.4. The molecule has 4 rings (SSSR count). The summed E-state index contributed by atoms with van der Waals surface area (Å²) in [5.41, 5.74) is 2.08. The van der Waals surface area contributed by atoms with Crippen LogP contribution < -0.4 is 0 Å². The molecule has 2 amide bonds. The van der Waals surface area contributed by atoms with Crippen molar-refractivity contribution in [1.82, 2.24) is 19.9 Å². The van der Waals surface area contributed by atoms with E-state index in [2.05, 4.69) is 10.1 Å². The van der Waals surface area contributed by atoms with Gasteiger partial charge < -0.3 is 14.3 Å². The third kappa shape index (κ3) is 4.47. The molecule has 1 fully saturated rings. The van der Waals surface area contributed by atoms with Crippen LogP contribution in [0.2, 0.25) is 0 Å². The van der Waals surface area contributed by atoms with Gasteiger partial charge in [-0.15, -0.1) is 0 Å². The number of carbonyl (C=O) groups excluding carboxylic acids is 2. The van der Waals surface area contributed by atoms with Crippen molar-refractivity contribution in [2.24, 2.45) is 0 Å². The summed E-state index contributed by atoms with van der Waals surface area (Å²) in [6.07, 6.45) is -0.0166. The molecule has 0 radical (unpaired) electrons. The zero-order valence-corrected chi connectivity index (χ0v) is 17.4. The van der Waals surface area contributed by atoms with Crippen molar-refractivity contribution in [3.8, 4) is 11.5 Å². The molecule has 0 bridgehead atoms. The Kier molecular flexibility index (Phi) is 5.79. The second-order valence-corrected chi connectivity index (χ2v) is 7.71. The van der Waals surface area contributed by atoms with Crippen molar-refractivity contribution in [1.29, 1.82) is 0 Å². The van der Waals surface area contributed by atoms with Gasteiger partial charge in [0.25, 0.3) is 11.8 Å². The van der Waals surface area contributed by atoms with Gasteiger partial charge in [0.1, 0.15) is 5.82 Å². The second kappa shape index (κ2) is 8.67. The van der Waals surface area contributed by atoms with Gasteiger partial charge in [0.2, 0.25) is 5.91 Å². The summed E-state index contributed by atoms with van der Waals surface area (Å²) >= 11 is 0. The lowest BCUT2D eigenvalue weighted by Gasteiger charge is -2.40. The van der Waals surface area contributed by atoms with Gasteiger partial charge in [-0.3, -0.25) is 9.59 Å². The van der Waals surface area contributed by atoms with Crippen molar-refractivity contribution < 1.29 is 18.5 Å². The maximum absolute atomic E-state index is 13.4. The van der Waals surface area contributed by atoms with Gasteiger partial charge in [0, 0.05) is 36.8 Å². The Hall–Kier alpha value is -3.55. The van der Waals surface area contributed by atoms with E-state index in [1.54, 1.807) is 17.0 Å². The number of nitrogens with zero attached hydrogens (tertiary/aromatic N) is 4. The fourth-order valence-electron chi connectivity index (χ4n) is 3.77. The fourth-order valence-corrected chi connectivity index (χ4v) is 3.77. The maximum Gasteiger partial charge on any atom is 0.258 e. The largest absolute Gasteiger partial charge is 0.338 e. The van der Waals surface area contributed by atoms with Crippen LogP contribution in [-0.4, -0.2) is 57.4 Å². The summed E-state index contributed by atoms with van der Waals surface area (Å²) in [5.74, 6) is -0.142. The topological polar surface area (TPSA) is 79.5 Å². The number of halogens is 1. The molecule has 1 aliphatic heterocycles. The Bertz CT molecular complexity index is 1110. The van der Waals surface area contributed by atoms with E-state index in [0.717, 1.165) is 5.56 Å². The third-order valence-electron chi connectivity index (χ3n) is 5.47. The minimum Gasteiger partial charge on any atom is -0.338 e. The van der Waals surface area contributed by atoms with Gasteiger partial charge in [0.15, 0.2) is 5.82 Å². The Balaban J connectivity index is 1.38. The van der Waals surface area contributed by atoms with Gasteiger partial charge in [-0.05, 0) is 43.7 Å². The lowest BCUT2D eigenvalue weighted by atomic mass is 10.1. The third-order valence-corrected chi connectivity index (χ3v) is 5.47. The average molecular weight is 422 g/mol. The molecule has 7 nitrogen and oxygen atoms in total. The van der Waals surface area contributed by atoms with Crippen molar-refractivity contribution in [2.45, 2.75) is 26.3 Å². The number of amides is 2. The Morgan fingerprint density at radius 3 is 2.71 bits per heavy atom. The molecular weight excluding hydrogens is 399 g/mol. The first-order valence-electron chi connectivity index (χ1n) is 10.2. The molecule has 160 valence electrons. The molecule has 0 unspecified atom stereocenters. The molecule has 2 aromatic carbocycles. The molecule has 2 heterocycles. The van der Waals surface area contributed by atoms with Crippen LogP contribution in [0.25, 0.3) is 11.5 Å². The van der Waals surface area contributed by atoms with Gasteiger partial charge in [0.05, 0.1) is 6.42 Å². The minimum atomic E-state index is -0.402. The van der Waals surface area contributed by atoms with Crippen molar-refractivity contribution in [3.05, 3.63) is 71.3 Å². The number of carbonyl (C=O) groups is 2. The maximum atomic E-state index is 13.4. The summed E-state index contributed by atoms with van der Waals surface area (Å²) < 4.78 is 18.6. The van der Waals surface area contributed by atoms with Crippen molar-refractivity contribution in [2.75, 3.05) is 19.6 Å². The highest BCUT2D eigenvalue weighted by Crippen LogP contribution is 2.20. The quantitative estimate of drug-likeness (QED) is 0.646. The number of aromatic nitrogens is 2. The van der Waals surface area contributed by atoms with E-state index in [-0.39, 0.29) is 36.0 Å². The first kappa shape index (κ1) is 20.7. The van der Waals surface area contributed by atoms with Gasteiger partial charge in [-0.25, -0.2) is 4.39 Å². The Labute approximate surface area is 179 Å². The molecule has 8 heteroatoms. The van der Waals surface area contributed by atoms with Crippen molar-refractivity contribution in [3.63, 3.8) is 0 Å². The highest BCUT2D eigenvalue weighted by molar-refractivity contribution is 5.96. The van der Waals surface area contributed by atoms with Crippen LogP contribution in [0.15, 0.2) is 53.1 Å². The number of rotatable bonds is 4. The molecule has 1 saturated heterocycles. The summed E-state index contributed by atoms with van der Waals surface area (Å²) in [6, 6.07) is 13.2. The van der Waals surface area contributed by atoms with E-state index in [4.69, 9.17) is 4.52 Å². The predicted octanol–water partition coefficient (Wildman–Crippen LogP) is 3.10. The molecule has 3 aromatic rings. The van der Waals surface area contributed by atoms with E-state index in [1.165, 1.54) is 12.1 Å². The number of piperazine rings is 1. The molecule has 1 atom stereocenters. The Morgan fingerprint density at radius 1 is 1.16 bits per heavy atom. The SMILES string of the molecule is Cc1ccccc1C(=O)N1CCN(C(=O)Cc2noc(-c3cccc(F)c3)n2)C[C@H]1C. The van der Waals surface area contributed by atoms with Crippen LogP contribution in [0.4, 0.5) is 4.39 Å². The molecule has 1 aliphatic rings. The smallest absolute Gasteiger partial charge is 0.258 e. The number of benzene rings is 2. The predicted molar refractivity (Wildman–Crippen MR) is 112 cm³/mol. The summed E-state index contributed by atoms with van der Waals surface area (Å²) in [6.45, 7) is 5.19. The van der Waals surface area contributed by atoms with Crippen LogP contribution in [0, 0.1) is 12.7 Å². The van der Waals surface area contributed by atoms with E-state index in [0.29, 0.717) is 30.8 Å². The van der Waals surface area contributed by atoms with Crippen LogP contribution in [0.3, 0.4) is 0 Å². The zero-order chi connectivity index (χ0) is 22.0. The average Bonchev–Trinajstić information content (AvgIpc) is 3.22. The van der Waals surface area contributed by atoms with Crippen LogP contribution >= 0.6 is 0 Å². The summed E-state index contributed by atoms with van der Waals surface area (Å²) in [4.78, 5) is 33.4. The van der Waals surface area contributed by atoms with Gasteiger partial charge in [-0.1, -0.05) is 29.4 Å². The van der Waals surface area contributed by atoms with Crippen LogP contribution in [0.5, 0.6) is 0 Å². The first-order valence-corrected chi connectivity index (χ1v) is 10.2. The van der Waals surface area contributed by atoms with E-state index >= 15 is 0 Å². The summed E-state index contributed by atoms with van der Waals surface area (Å²) in [5, 5.41) is 3.85. The minimum absolute atomic E-state index is 0.0166. The Morgan fingerprint density at radius 2 is 1.97 bits per heavy atom. The highest BCUT2D eigenvalue weighted by atomic mass is 19.1. The van der Waals surface area contributed by atoms with E-state index in [1.807, 2.05) is 43.0 Å². The molecule has 1 aromatic heterocycles. The monoisotopic (exact) mass is 422 g/mol. The lowest BCUT2D eigenvalue weighted by molar-refractivity contribution is -0.133. The normalized spacial score (nSPS) is 16.4. The molecule has 0 aliphatic carbocycles. The van der Waals surface area contributed by atoms with Crippen molar-refractivity contribution >= 4 is 11.8 Å². The molecular formula is C23H23FN4O3. The number of aryl methyl sites for hydroxylation is 1. The lowest BCUT2D eigenvalue weighted by Crippen LogP contribution is -2.55. The number of hydrogen-bond acceptors (Lipinski definition) is 5. The van der Waals surface area contributed by atoms with Gasteiger partial charge in [-0.2, -0.15) is 4.98 Å². The first-order chi connectivity index (χ1) is 14.9. The molecule has 0 saturated carbocycles.